The van der Waals surface area contributed by atoms with Crippen molar-refractivity contribution in [2.24, 2.45) is 23.8 Å². The molecule has 2 heterocycles. The number of carbonyl (C=O) groups excluding carboxylic acids is 2. The Morgan fingerprint density at radius 2 is 1.92 bits per heavy atom. The van der Waals surface area contributed by atoms with E-state index in [9.17, 15) is 20.1 Å². The second-order valence-corrected chi connectivity index (χ2v) is 9.60. The predicted molar refractivity (Wildman–Crippen MR) is 134 cm³/mol. The molecular formula is C25H23ClN8O3. The molecule has 12 heteroatoms. The van der Waals surface area contributed by atoms with Gasteiger partial charge in [0.05, 0.1) is 35.6 Å². The van der Waals surface area contributed by atoms with E-state index in [1.54, 1.807) is 64.2 Å². The quantitative estimate of drug-likeness (QED) is 0.483. The Labute approximate surface area is 218 Å². The number of benzene rings is 1. The number of carbonyl (C=O) groups is 2. The van der Waals surface area contributed by atoms with Crippen molar-refractivity contribution in [3.63, 3.8) is 0 Å². The van der Waals surface area contributed by atoms with Crippen LogP contribution in [0.5, 0.6) is 0 Å². The minimum atomic E-state index is -1.43. The lowest BCUT2D eigenvalue weighted by atomic mass is 9.96. The van der Waals surface area contributed by atoms with E-state index in [0.717, 1.165) is 0 Å². The molecule has 188 valence electrons. The topological polar surface area (TPSA) is 159 Å². The van der Waals surface area contributed by atoms with Crippen LogP contribution in [-0.2, 0) is 16.6 Å². The van der Waals surface area contributed by atoms with Gasteiger partial charge in [-0.1, -0.05) is 48.9 Å². The van der Waals surface area contributed by atoms with Crippen LogP contribution < -0.4 is 10.6 Å². The van der Waals surface area contributed by atoms with E-state index in [1.807, 2.05) is 12.1 Å². The maximum absolute atomic E-state index is 12.9. The zero-order valence-corrected chi connectivity index (χ0v) is 21.2. The Balaban J connectivity index is 1.47. The molecule has 1 aliphatic carbocycles. The van der Waals surface area contributed by atoms with Crippen molar-refractivity contribution in [3.05, 3.63) is 53.2 Å². The summed E-state index contributed by atoms with van der Waals surface area (Å²) in [6.07, 6.45) is 0.0580. The Morgan fingerprint density at radius 3 is 2.51 bits per heavy atom. The largest absolute Gasteiger partial charge is 0.441 e. The van der Waals surface area contributed by atoms with Crippen molar-refractivity contribution in [3.8, 4) is 23.5 Å². The number of rotatable bonds is 6. The second kappa shape index (κ2) is 9.52. The van der Waals surface area contributed by atoms with Crippen LogP contribution in [0.4, 0.5) is 16.3 Å². The average Bonchev–Trinajstić information content (AvgIpc) is 3.16. The fourth-order valence-electron chi connectivity index (χ4n) is 4.37. The van der Waals surface area contributed by atoms with Crippen molar-refractivity contribution in [1.82, 2.24) is 20.0 Å². The lowest BCUT2D eigenvalue weighted by Crippen LogP contribution is -2.27. The Morgan fingerprint density at radius 1 is 1.19 bits per heavy atom. The SMILES string of the molecule is C[C@@H](OC(=O)Nc1c(-c2ccc(NC(=O)C3(C#N)C(C#N)C3(C)C)cn2)nnn1C)c1ccccc1Cl. The van der Waals surface area contributed by atoms with E-state index in [-0.39, 0.29) is 11.5 Å². The van der Waals surface area contributed by atoms with Gasteiger partial charge in [-0.25, -0.2) is 9.48 Å². The van der Waals surface area contributed by atoms with E-state index in [1.165, 1.54) is 10.9 Å². The first-order valence-electron chi connectivity index (χ1n) is 11.3. The standard InChI is InChI=1S/C25H23ClN8O3/c1-14(16-7-5-6-8-17(16)26)37-23(36)31-21-20(32-33-34(21)4)18-10-9-15(12-29-18)30-22(35)25(13-28)19(11-27)24(25,2)3/h5-10,12,14,19H,1-4H3,(H,30,35)(H,31,36)/t14-,19?,25?/m1/s1. The van der Waals surface area contributed by atoms with Crippen molar-refractivity contribution in [2.75, 3.05) is 10.6 Å². The molecule has 0 saturated heterocycles. The summed E-state index contributed by atoms with van der Waals surface area (Å²) < 4.78 is 6.82. The fourth-order valence-corrected chi connectivity index (χ4v) is 4.66. The minimum Gasteiger partial charge on any atom is -0.441 e. The summed E-state index contributed by atoms with van der Waals surface area (Å²) in [4.78, 5) is 29.8. The highest BCUT2D eigenvalue weighted by Gasteiger charge is 2.77. The van der Waals surface area contributed by atoms with Crippen LogP contribution in [0.25, 0.3) is 11.4 Å². The van der Waals surface area contributed by atoms with E-state index in [0.29, 0.717) is 22.0 Å². The van der Waals surface area contributed by atoms with Crippen molar-refractivity contribution < 1.29 is 14.3 Å². The molecule has 11 nitrogen and oxygen atoms in total. The van der Waals surface area contributed by atoms with Gasteiger partial charge in [0.25, 0.3) is 0 Å². The van der Waals surface area contributed by atoms with Gasteiger partial charge in [0, 0.05) is 23.0 Å². The smallest absolute Gasteiger partial charge is 0.413 e. The number of anilines is 2. The van der Waals surface area contributed by atoms with Gasteiger partial charge in [-0.15, -0.1) is 5.10 Å². The third-order valence-corrected chi connectivity index (χ3v) is 7.03. The molecule has 0 bridgehead atoms. The highest BCUT2D eigenvalue weighted by molar-refractivity contribution is 6.31. The number of amides is 2. The van der Waals surface area contributed by atoms with Crippen LogP contribution in [0.2, 0.25) is 5.02 Å². The molecule has 1 saturated carbocycles. The van der Waals surface area contributed by atoms with Gasteiger partial charge in [-0.3, -0.25) is 15.1 Å². The maximum Gasteiger partial charge on any atom is 0.413 e. The van der Waals surface area contributed by atoms with Gasteiger partial charge in [0.1, 0.15) is 6.10 Å². The third kappa shape index (κ3) is 4.34. The number of nitrogens with zero attached hydrogens (tertiary/aromatic N) is 6. The summed E-state index contributed by atoms with van der Waals surface area (Å²) in [7, 11) is 1.60. The van der Waals surface area contributed by atoms with Gasteiger partial charge in [-0.05, 0) is 25.1 Å². The molecule has 1 aromatic carbocycles. The maximum atomic E-state index is 12.9. The van der Waals surface area contributed by atoms with Gasteiger partial charge in [-0.2, -0.15) is 10.5 Å². The fraction of sp³-hybridized carbons (Fsp3) is 0.320. The highest BCUT2D eigenvalue weighted by Crippen LogP contribution is 2.68. The Kier molecular flexibility index (Phi) is 6.59. The zero-order chi connectivity index (χ0) is 27.0. The number of hydrogen-bond donors (Lipinski definition) is 2. The van der Waals surface area contributed by atoms with Gasteiger partial charge >= 0.3 is 6.09 Å². The van der Waals surface area contributed by atoms with Crippen LogP contribution in [0, 0.1) is 39.4 Å². The van der Waals surface area contributed by atoms with E-state index >= 15 is 0 Å². The highest BCUT2D eigenvalue weighted by atomic mass is 35.5. The molecule has 1 aliphatic rings. The number of hydrogen-bond acceptors (Lipinski definition) is 8. The Bertz CT molecular complexity index is 1450. The van der Waals surface area contributed by atoms with Gasteiger partial charge in [0.2, 0.25) is 5.91 Å². The number of nitrogens with one attached hydrogen (secondary N) is 2. The number of aryl methyl sites for hydroxylation is 1. The molecule has 2 amide bonds. The number of halogens is 1. The molecular weight excluding hydrogens is 496 g/mol. The van der Waals surface area contributed by atoms with E-state index in [2.05, 4.69) is 25.9 Å². The molecule has 4 rings (SSSR count). The van der Waals surface area contributed by atoms with Crippen LogP contribution >= 0.6 is 11.6 Å². The molecule has 2 unspecified atom stereocenters. The van der Waals surface area contributed by atoms with Crippen LogP contribution in [-0.4, -0.2) is 32.0 Å². The monoisotopic (exact) mass is 518 g/mol. The summed E-state index contributed by atoms with van der Waals surface area (Å²) in [5.41, 5.74) is -0.526. The number of pyridine rings is 1. The molecule has 0 aliphatic heterocycles. The van der Waals surface area contributed by atoms with Gasteiger partial charge in [0.15, 0.2) is 16.9 Å². The molecule has 1 fully saturated rings. The molecule has 0 radical (unpaired) electrons. The number of aromatic nitrogens is 4. The number of nitriles is 2. The summed E-state index contributed by atoms with van der Waals surface area (Å²) in [5.74, 6) is -1.01. The van der Waals surface area contributed by atoms with Gasteiger partial charge < -0.3 is 10.1 Å². The first-order chi connectivity index (χ1) is 17.6. The normalized spacial score (nSPS) is 20.1. The lowest BCUT2D eigenvalue weighted by molar-refractivity contribution is -0.120. The minimum absolute atomic E-state index is 0.251. The summed E-state index contributed by atoms with van der Waals surface area (Å²) in [6, 6.07) is 14.3. The first kappa shape index (κ1) is 25.6. The first-order valence-corrected chi connectivity index (χ1v) is 11.6. The molecule has 2 N–H and O–H groups in total. The number of ether oxygens (including phenoxy) is 1. The average molecular weight is 519 g/mol. The van der Waals surface area contributed by atoms with Crippen LogP contribution in [0.1, 0.15) is 32.4 Å². The van der Waals surface area contributed by atoms with E-state index in [4.69, 9.17) is 16.3 Å². The molecule has 3 atom stereocenters. The molecule has 3 aromatic rings. The second-order valence-electron chi connectivity index (χ2n) is 9.19. The molecule has 37 heavy (non-hydrogen) atoms. The van der Waals surface area contributed by atoms with Crippen LogP contribution in [0.3, 0.4) is 0 Å². The molecule has 0 spiro atoms. The summed E-state index contributed by atoms with van der Waals surface area (Å²) >= 11 is 6.18. The lowest BCUT2D eigenvalue weighted by Gasteiger charge is -2.15. The van der Waals surface area contributed by atoms with Crippen molar-refractivity contribution >= 4 is 35.1 Å². The van der Waals surface area contributed by atoms with Crippen LogP contribution in [0.15, 0.2) is 42.6 Å². The zero-order valence-electron chi connectivity index (χ0n) is 20.5. The third-order valence-electron chi connectivity index (χ3n) is 6.69. The Hall–Kier alpha value is -4.48. The van der Waals surface area contributed by atoms with Crippen molar-refractivity contribution in [2.45, 2.75) is 26.9 Å². The molecule has 2 aromatic heterocycles. The predicted octanol–water partition coefficient (Wildman–Crippen LogP) is 4.47. The van der Waals surface area contributed by atoms with E-state index < -0.39 is 34.9 Å². The summed E-state index contributed by atoms with van der Waals surface area (Å²) in [5, 5.41) is 32.8. The summed E-state index contributed by atoms with van der Waals surface area (Å²) in [6.45, 7) is 5.14. The van der Waals surface area contributed by atoms with Crippen molar-refractivity contribution in [1.29, 1.82) is 10.5 Å².